The second kappa shape index (κ2) is 13.7. The molecule has 216 valence electrons. The van der Waals surface area contributed by atoms with E-state index in [0.717, 1.165) is 11.3 Å². The molecule has 0 saturated heterocycles. The SMILES string of the molecule is COC(=O)Nc1ccc2c(c1)NC(=O)C[C@H](C)CCC[C@H](C(=O)NCCc1cc(Cl)ccc1-n1cnnn1)NC2=O. The minimum Gasteiger partial charge on any atom is -0.453 e. The Balaban J connectivity index is 1.49. The summed E-state index contributed by atoms with van der Waals surface area (Å²) in [7, 11) is 1.23. The van der Waals surface area contributed by atoms with Crippen LogP contribution < -0.4 is 21.3 Å². The Hall–Kier alpha value is -4.52. The van der Waals surface area contributed by atoms with Gasteiger partial charge in [-0.3, -0.25) is 19.7 Å². The van der Waals surface area contributed by atoms with Crippen LogP contribution in [0.25, 0.3) is 5.69 Å². The average molecular weight is 583 g/mol. The number of nitrogens with one attached hydrogen (secondary N) is 4. The maximum absolute atomic E-state index is 13.3. The van der Waals surface area contributed by atoms with Crippen LogP contribution in [-0.2, 0) is 20.7 Å². The molecule has 0 spiro atoms. The molecule has 3 aromatic rings. The van der Waals surface area contributed by atoms with E-state index < -0.39 is 18.0 Å². The molecule has 0 radical (unpaired) electrons. The lowest BCUT2D eigenvalue weighted by molar-refractivity contribution is -0.123. The Labute approximate surface area is 241 Å². The summed E-state index contributed by atoms with van der Waals surface area (Å²) in [6.45, 7) is 2.24. The van der Waals surface area contributed by atoms with Gasteiger partial charge in [-0.25, -0.2) is 9.48 Å². The molecule has 1 aliphatic rings. The third-order valence-electron chi connectivity index (χ3n) is 6.65. The van der Waals surface area contributed by atoms with E-state index in [1.165, 1.54) is 36.3 Å². The molecule has 1 aliphatic heterocycles. The number of carbonyl (C=O) groups is 4. The quantitative estimate of drug-likeness (QED) is 0.343. The molecule has 2 heterocycles. The first-order valence-corrected chi connectivity index (χ1v) is 13.5. The number of hydrogen-bond donors (Lipinski definition) is 4. The summed E-state index contributed by atoms with van der Waals surface area (Å²) < 4.78 is 6.14. The normalized spacial score (nSPS) is 17.6. The fraction of sp³-hybridized carbons (Fsp3) is 0.370. The number of amides is 4. The molecule has 4 N–H and O–H groups in total. The molecule has 0 bridgehead atoms. The highest BCUT2D eigenvalue weighted by atomic mass is 35.5. The molecule has 2 aromatic carbocycles. The Kier molecular flexibility index (Phi) is 9.85. The van der Waals surface area contributed by atoms with Crippen LogP contribution in [-0.4, -0.2) is 63.7 Å². The van der Waals surface area contributed by atoms with Crippen molar-refractivity contribution < 1.29 is 23.9 Å². The number of fused-ring (bicyclic) bond motifs is 1. The Morgan fingerprint density at radius 3 is 2.76 bits per heavy atom. The molecular formula is C27H31ClN8O5. The zero-order valence-corrected chi connectivity index (χ0v) is 23.4. The summed E-state index contributed by atoms with van der Waals surface area (Å²) in [6, 6.07) is 8.98. The van der Waals surface area contributed by atoms with Gasteiger partial charge in [-0.05, 0) is 71.1 Å². The number of anilines is 2. The van der Waals surface area contributed by atoms with Gasteiger partial charge >= 0.3 is 6.09 Å². The van der Waals surface area contributed by atoms with Crippen molar-refractivity contribution in [1.29, 1.82) is 0 Å². The molecule has 41 heavy (non-hydrogen) atoms. The maximum atomic E-state index is 13.3. The molecule has 0 saturated carbocycles. The van der Waals surface area contributed by atoms with Crippen molar-refractivity contribution in [3.05, 3.63) is 58.9 Å². The van der Waals surface area contributed by atoms with Crippen LogP contribution >= 0.6 is 11.6 Å². The second-order valence-electron chi connectivity index (χ2n) is 9.76. The standard InChI is InChI=1S/C27H31ClN8O5/c1-16-4-3-5-21(26(39)29-11-10-17-13-18(28)6-9-23(17)36-15-30-34-35-36)33-25(38)20-8-7-19(31-27(40)41-2)14-22(20)32-24(37)12-16/h6-9,13-16,21H,3-5,10-12H2,1-2H3,(H,29,39)(H,31,40)(H,32,37)(H,33,38)/t16-,21-/m1/s1. The van der Waals surface area contributed by atoms with Crippen LogP contribution in [0, 0.1) is 5.92 Å². The van der Waals surface area contributed by atoms with Crippen LogP contribution in [0.15, 0.2) is 42.7 Å². The van der Waals surface area contributed by atoms with Gasteiger partial charge in [0.05, 0.1) is 24.0 Å². The summed E-state index contributed by atoms with van der Waals surface area (Å²) in [6.07, 6.45) is 3.21. The lowest BCUT2D eigenvalue weighted by Gasteiger charge is -2.22. The smallest absolute Gasteiger partial charge is 0.411 e. The van der Waals surface area contributed by atoms with Gasteiger partial charge in [0.2, 0.25) is 11.8 Å². The number of tetrazole rings is 1. The van der Waals surface area contributed by atoms with Crippen molar-refractivity contribution in [3.8, 4) is 5.69 Å². The zero-order valence-electron chi connectivity index (χ0n) is 22.6. The van der Waals surface area contributed by atoms with Gasteiger partial charge < -0.3 is 20.7 Å². The number of hydrogen-bond acceptors (Lipinski definition) is 8. The number of ether oxygens (including phenoxy) is 1. The van der Waals surface area contributed by atoms with Crippen molar-refractivity contribution >= 4 is 46.8 Å². The van der Waals surface area contributed by atoms with E-state index in [9.17, 15) is 19.2 Å². The Morgan fingerprint density at radius 1 is 1.17 bits per heavy atom. The van der Waals surface area contributed by atoms with E-state index in [4.69, 9.17) is 11.6 Å². The number of carbonyl (C=O) groups excluding carboxylic acids is 4. The third-order valence-corrected chi connectivity index (χ3v) is 6.88. The lowest BCUT2D eigenvalue weighted by Crippen LogP contribution is -2.47. The summed E-state index contributed by atoms with van der Waals surface area (Å²) >= 11 is 6.20. The van der Waals surface area contributed by atoms with Gasteiger partial charge in [0, 0.05) is 23.7 Å². The second-order valence-corrected chi connectivity index (χ2v) is 10.2. The van der Waals surface area contributed by atoms with E-state index in [0.29, 0.717) is 36.4 Å². The van der Waals surface area contributed by atoms with Crippen LogP contribution in [0.5, 0.6) is 0 Å². The van der Waals surface area contributed by atoms with Gasteiger partial charge in [-0.2, -0.15) is 0 Å². The van der Waals surface area contributed by atoms with Crippen molar-refractivity contribution in [1.82, 2.24) is 30.8 Å². The first kappa shape index (κ1) is 29.5. The average Bonchev–Trinajstić information content (AvgIpc) is 3.46. The first-order chi connectivity index (χ1) is 19.7. The predicted molar refractivity (Wildman–Crippen MR) is 151 cm³/mol. The number of benzene rings is 2. The maximum Gasteiger partial charge on any atom is 0.411 e. The van der Waals surface area contributed by atoms with Gasteiger partial charge in [0.1, 0.15) is 12.4 Å². The van der Waals surface area contributed by atoms with E-state index in [1.807, 2.05) is 6.92 Å². The lowest BCUT2D eigenvalue weighted by atomic mass is 9.97. The highest BCUT2D eigenvalue weighted by Gasteiger charge is 2.25. The summed E-state index contributed by atoms with van der Waals surface area (Å²) in [5, 5.41) is 22.8. The van der Waals surface area contributed by atoms with Gasteiger partial charge in [0.25, 0.3) is 5.91 Å². The zero-order chi connectivity index (χ0) is 29.4. The van der Waals surface area contributed by atoms with Gasteiger partial charge in [0.15, 0.2) is 0 Å². The minimum absolute atomic E-state index is 0.0567. The van der Waals surface area contributed by atoms with Crippen molar-refractivity contribution in [2.75, 3.05) is 24.3 Å². The molecule has 4 amide bonds. The number of aromatic nitrogens is 4. The summed E-state index contributed by atoms with van der Waals surface area (Å²) in [4.78, 5) is 50.9. The van der Waals surface area contributed by atoms with Crippen LogP contribution in [0.3, 0.4) is 0 Å². The van der Waals surface area contributed by atoms with E-state index in [-0.39, 0.29) is 41.9 Å². The summed E-state index contributed by atoms with van der Waals surface area (Å²) in [5.41, 5.74) is 2.28. The predicted octanol–water partition coefficient (Wildman–Crippen LogP) is 3.10. The molecule has 14 heteroatoms. The molecule has 13 nitrogen and oxygen atoms in total. The van der Waals surface area contributed by atoms with E-state index >= 15 is 0 Å². The highest BCUT2D eigenvalue weighted by Crippen LogP contribution is 2.24. The van der Waals surface area contributed by atoms with E-state index in [1.54, 1.807) is 18.2 Å². The largest absolute Gasteiger partial charge is 0.453 e. The van der Waals surface area contributed by atoms with Crippen molar-refractivity contribution in [3.63, 3.8) is 0 Å². The monoisotopic (exact) mass is 582 g/mol. The molecule has 0 aliphatic carbocycles. The molecule has 2 atom stereocenters. The fourth-order valence-electron chi connectivity index (χ4n) is 4.58. The van der Waals surface area contributed by atoms with Crippen molar-refractivity contribution in [2.24, 2.45) is 5.92 Å². The third kappa shape index (κ3) is 8.01. The van der Waals surface area contributed by atoms with E-state index in [2.05, 4.69) is 41.5 Å². The Morgan fingerprint density at radius 2 is 2.00 bits per heavy atom. The number of methoxy groups -OCH3 is 1. The number of rotatable bonds is 6. The Bertz CT molecular complexity index is 1410. The minimum atomic E-state index is -0.802. The molecule has 0 unspecified atom stereocenters. The van der Waals surface area contributed by atoms with Crippen LogP contribution in [0.4, 0.5) is 16.2 Å². The first-order valence-electron chi connectivity index (χ1n) is 13.1. The topological polar surface area (TPSA) is 169 Å². The van der Waals surface area contributed by atoms with Crippen LogP contribution in [0.2, 0.25) is 5.02 Å². The molecular weight excluding hydrogens is 552 g/mol. The fourth-order valence-corrected chi connectivity index (χ4v) is 4.78. The summed E-state index contributed by atoms with van der Waals surface area (Å²) in [5.74, 6) is -1.06. The van der Waals surface area contributed by atoms with Gasteiger partial charge in [-0.1, -0.05) is 31.4 Å². The van der Waals surface area contributed by atoms with Crippen LogP contribution in [0.1, 0.15) is 48.5 Å². The number of halogens is 1. The highest BCUT2D eigenvalue weighted by molar-refractivity contribution is 6.30. The molecule has 4 rings (SSSR count). The van der Waals surface area contributed by atoms with Gasteiger partial charge in [-0.15, -0.1) is 5.10 Å². The molecule has 0 fully saturated rings. The van der Waals surface area contributed by atoms with Crippen molar-refractivity contribution in [2.45, 2.75) is 45.1 Å². The number of nitrogens with zero attached hydrogens (tertiary/aromatic N) is 4. The molecule has 1 aromatic heterocycles.